The first kappa shape index (κ1) is 14.8. The standard InChI is InChI=1S/C15H18N4O2/c1-11(20)16-6-7-17-15(21)13-5-3-4-12(8-13)14-9-18-19(2)10-14/h3-5,8-10H,6-7H2,1-2H3,(H,16,20)(H,17,21). The second kappa shape index (κ2) is 6.69. The molecule has 2 rings (SSSR count). The van der Waals surface area contributed by atoms with Gasteiger partial charge in [-0.05, 0) is 17.7 Å². The maximum absolute atomic E-state index is 12.0. The fourth-order valence-corrected chi connectivity index (χ4v) is 1.93. The van der Waals surface area contributed by atoms with Crippen LogP contribution in [0.4, 0.5) is 0 Å². The highest BCUT2D eigenvalue weighted by Gasteiger charge is 2.07. The minimum atomic E-state index is -0.161. The van der Waals surface area contributed by atoms with Crippen LogP contribution in [0.15, 0.2) is 36.7 Å². The Labute approximate surface area is 123 Å². The van der Waals surface area contributed by atoms with Gasteiger partial charge in [-0.2, -0.15) is 5.10 Å². The molecule has 0 saturated carbocycles. The van der Waals surface area contributed by atoms with E-state index in [0.29, 0.717) is 18.7 Å². The lowest BCUT2D eigenvalue weighted by Crippen LogP contribution is -2.33. The Kier molecular flexibility index (Phi) is 4.71. The van der Waals surface area contributed by atoms with Crippen LogP contribution in [0.1, 0.15) is 17.3 Å². The molecule has 0 aliphatic rings. The normalized spacial score (nSPS) is 10.2. The summed E-state index contributed by atoms with van der Waals surface area (Å²) in [6.45, 7) is 2.26. The first-order valence-electron chi connectivity index (χ1n) is 6.68. The van der Waals surface area contributed by atoms with Crippen LogP contribution in [-0.4, -0.2) is 34.7 Å². The van der Waals surface area contributed by atoms with Crippen molar-refractivity contribution in [2.24, 2.45) is 7.05 Å². The van der Waals surface area contributed by atoms with Crippen LogP contribution < -0.4 is 10.6 Å². The summed E-state index contributed by atoms with van der Waals surface area (Å²) in [6.07, 6.45) is 3.65. The zero-order valence-corrected chi connectivity index (χ0v) is 12.1. The summed E-state index contributed by atoms with van der Waals surface area (Å²) in [7, 11) is 1.85. The molecule has 0 saturated heterocycles. The van der Waals surface area contributed by atoms with Crippen molar-refractivity contribution in [1.82, 2.24) is 20.4 Å². The lowest BCUT2D eigenvalue weighted by atomic mass is 10.1. The summed E-state index contributed by atoms with van der Waals surface area (Å²) < 4.78 is 1.72. The molecule has 6 nitrogen and oxygen atoms in total. The quantitative estimate of drug-likeness (QED) is 0.804. The van der Waals surface area contributed by atoms with Crippen LogP contribution in [0.2, 0.25) is 0 Å². The van der Waals surface area contributed by atoms with Gasteiger partial charge in [0.05, 0.1) is 6.20 Å². The Morgan fingerprint density at radius 1 is 1.19 bits per heavy atom. The van der Waals surface area contributed by atoms with E-state index in [9.17, 15) is 9.59 Å². The zero-order valence-electron chi connectivity index (χ0n) is 12.1. The fourth-order valence-electron chi connectivity index (χ4n) is 1.93. The molecule has 0 aliphatic heterocycles. The molecule has 1 heterocycles. The molecule has 0 unspecified atom stereocenters. The third kappa shape index (κ3) is 4.17. The summed E-state index contributed by atoms with van der Waals surface area (Å²) in [5.74, 6) is -0.270. The summed E-state index contributed by atoms with van der Waals surface area (Å²) in [4.78, 5) is 22.8. The Bertz CT molecular complexity index is 649. The SMILES string of the molecule is CC(=O)NCCNC(=O)c1cccc(-c2cnn(C)c2)c1. The second-order valence-electron chi connectivity index (χ2n) is 4.72. The first-order valence-corrected chi connectivity index (χ1v) is 6.68. The van der Waals surface area contributed by atoms with Crippen LogP contribution in [0.3, 0.4) is 0 Å². The van der Waals surface area contributed by atoms with E-state index in [0.717, 1.165) is 11.1 Å². The smallest absolute Gasteiger partial charge is 0.251 e. The molecule has 2 aromatic rings. The highest BCUT2D eigenvalue weighted by Crippen LogP contribution is 2.19. The number of benzene rings is 1. The molecule has 110 valence electrons. The van der Waals surface area contributed by atoms with Crippen molar-refractivity contribution in [3.8, 4) is 11.1 Å². The van der Waals surface area contributed by atoms with Crippen LogP contribution in [0.25, 0.3) is 11.1 Å². The molecule has 0 fully saturated rings. The van der Waals surface area contributed by atoms with Crippen molar-refractivity contribution in [3.05, 3.63) is 42.2 Å². The van der Waals surface area contributed by atoms with Crippen molar-refractivity contribution in [1.29, 1.82) is 0 Å². The van der Waals surface area contributed by atoms with Gasteiger partial charge >= 0.3 is 0 Å². The molecule has 0 radical (unpaired) electrons. The minimum absolute atomic E-state index is 0.108. The average molecular weight is 286 g/mol. The fraction of sp³-hybridized carbons (Fsp3) is 0.267. The number of carbonyl (C=O) groups excluding carboxylic acids is 2. The molecule has 0 atom stereocenters. The number of amides is 2. The Balaban J connectivity index is 2.00. The van der Waals surface area contributed by atoms with Gasteiger partial charge in [0, 0.05) is 44.4 Å². The summed E-state index contributed by atoms with van der Waals surface area (Å²) in [5.41, 5.74) is 2.49. The van der Waals surface area contributed by atoms with Gasteiger partial charge in [0.2, 0.25) is 5.91 Å². The van der Waals surface area contributed by atoms with Gasteiger partial charge in [0.15, 0.2) is 0 Å². The second-order valence-corrected chi connectivity index (χ2v) is 4.72. The zero-order chi connectivity index (χ0) is 15.2. The molecule has 0 spiro atoms. The predicted octanol–water partition coefficient (Wildman–Crippen LogP) is 0.953. The predicted molar refractivity (Wildman–Crippen MR) is 79.7 cm³/mol. The van der Waals surface area contributed by atoms with Crippen molar-refractivity contribution in [3.63, 3.8) is 0 Å². The summed E-state index contributed by atoms with van der Waals surface area (Å²) in [6, 6.07) is 7.36. The summed E-state index contributed by atoms with van der Waals surface area (Å²) in [5, 5.41) is 9.51. The minimum Gasteiger partial charge on any atom is -0.355 e. The van der Waals surface area contributed by atoms with E-state index in [1.165, 1.54) is 6.92 Å². The van der Waals surface area contributed by atoms with Gasteiger partial charge in [0.25, 0.3) is 5.91 Å². The number of hydrogen-bond acceptors (Lipinski definition) is 3. The van der Waals surface area contributed by atoms with E-state index in [1.807, 2.05) is 31.4 Å². The number of aryl methyl sites for hydroxylation is 1. The number of hydrogen-bond donors (Lipinski definition) is 2. The first-order chi connectivity index (χ1) is 10.1. The van der Waals surface area contributed by atoms with E-state index in [-0.39, 0.29) is 11.8 Å². The van der Waals surface area contributed by atoms with Crippen molar-refractivity contribution >= 4 is 11.8 Å². The lowest BCUT2D eigenvalue weighted by molar-refractivity contribution is -0.118. The maximum Gasteiger partial charge on any atom is 0.251 e. The van der Waals surface area contributed by atoms with Gasteiger partial charge in [-0.15, -0.1) is 0 Å². The highest BCUT2D eigenvalue weighted by atomic mass is 16.2. The molecule has 1 aromatic carbocycles. The molecular weight excluding hydrogens is 268 g/mol. The van der Waals surface area contributed by atoms with Gasteiger partial charge in [-0.3, -0.25) is 14.3 Å². The molecule has 2 amide bonds. The Hall–Kier alpha value is -2.63. The van der Waals surface area contributed by atoms with Gasteiger partial charge in [0.1, 0.15) is 0 Å². The lowest BCUT2D eigenvalue weighted by Gasteiger charge is -2.07. The molecule has 1 aromatic heterocycles. The highest BCUT2D eigenvalue weighted by molar-refractivity contribution is 5.95. The van der Waals surface area contributed by atoms with Crippen molar-refractivity contribution in [2.75, 3.05) is 13.1 Å². The molecular formula is C15H18N4O2. The van der Waals surface area contributed by atoms with Gasteiger partial charge in [-0.25, -0.2) is 0 Å². The Morgan fingerprint density at radius 2 is 1.95 bits per heavy atom. The number of nitrogens with one attached hydrogen (secondary N) is 2. The molecule has 0 aliphatic carbocycles. The number of rotatable bonds is 5. The Morgan fingerprint density at radius 3 is 2.62 bits per heavy atom. The monoisotopic (exact) mass is 286 g/mol. The van der Waals surface area contributed by atoms with Crippen LogP contribution in [-0.2, 0) is 11.8 Å². The van der Waals surface area contributed by atoms with Gasteiger partial charge in [-0.1, -0.05) is 12.1 Å². The van der Waals surface area contributed by atoms with Crippen LogP contribution in [0, 0.1) is 0 Å². The van der Waals surface area contributed by atoms with E-state index < -0.39 is 0 Å². The number of nitrogens with zero attached hydrogens (tertiary/aromatic N) is 2. The van der Waals surface area contributed by atoms with Crippen LogP contribution in [0.5, 0.6) is 0 Å². The number of carbonyl (C=O) groups is 2. The third-order valence-electron chi connectivity index (χ3n) is 2.95. The molecule has 0 bridgehead atoms. The van der Waals surface area contributed by atoms with Gasteiger partial charge < -0.3 is 10.6 Å². The average Bonchev–Trinajstić information content (AvgIpc) is 2.90. The molecule has 21 heavy (non-hydrogen) atoms. The van der Waals surface area contributed by atoms with Crippen molar-refractivity contribution in [2.45, 2.75) is 6.92 Å². The molecule has 6 heteroatoms. The van der Waals surface area contributed by atoms with Crippen molar-refractivity contribution < 1.29 is 9.59 Å². The largest absolute Gasteiger partial charge is 0.355 e. The van der Waals surface area contributed by atoms with E-state index in [2.05, 4.69) is 15.7 Å². The third-order valence-corrected chi connectivity index (χ3v) is 2.95. The van der Waals surface area contributed by atoms with E-state index in [4.69, 9.17) is 0 Å². The topological polar surface area (TPSA) is 76.0 Å². The van der Waals surface area contributed by atoms with E-state index in [1.54, 1.807) is 16.9 Å². The van der Waals surface area contributed by atoms with Crippen LogP contribution >= 0.6 is 0 Å². The maximum atomic E-state index is 12.0. The number of aromatic nitrogens is 2. The van der Waals surface area contributed by atoms with E-state index >= 15 is 0 Å². The summed E-state index contributed by atoms with van der Waals surface area (Å²) >= 11 is 0. The molecule has 2 N–H and O–H groups in total.